The molecule has 0 aliphatic carbocycles. The highest BCUT2D eigenvalue weighted by atomic mass is 16.5. The minimum absolute atomic E-state index is 0.305. The van der Waals surface area contributed by atoms with Gasteiger partial charge in [-0.25, -0.2) is 4.79 Å². The summed E-state index contributed by atoms with van der Waals surface area (Å²) in [6, 6.07) is 22.3. The van der Waals surface area contributed by atoms with E-state index in [-0.39, 0.29) is 6.03 Å². The maximum atomic E-state index is 12.3. The molecule has 0 aromatic heterocycles. The van der Waals surface area contributed by atoms with Crippen LogP contribution in [-0.4, -0.2) is 13.1 Å². The first kappa shape index (κ1) is 18.5. The zero-order valence-electron chi connectivity index (χ0n) is 15.4. The van der Waals surface area contributed by atoms with Gasteiger partial charge >= 0.3 is 6.03 Å². The van der Waals surface area contributed by atoms with Crippen molar-refractivity contribution in [2.75, 3.05) is 17.7 Å². The summed E-state index contributed by atoms with van der Waals surface area (Å²) in [6.07, 6.45) is 0. The monoisotopic (exact) mass is 362 g/mol. The summed E-state index contributed by atoms with van der Waals surface area (Å²) >= 11 is 0. The molecule has 0 aliphatic rings. The average molecular weight is 362 g/mol. The highest BCUT2D eigenvalue weighted by molar-refractivity contribution is 5.99. The molecule has 0 aliphatic heterocycles. The Morgan fingerprint density at radius 2 is 1.63 bits per heavy atom. The fourth-order valence-corrected chi connectivity index (χ4v) is 2.66. The second-order valence-corrected chi connectivity index (χ2v) is 6.12. The van der Waals surface area contributed by atoms with Gasteiger partial charge in [-0.3, -0.25) is 0 Å². The van der Waals surface area contributed by atoms with Gasteiger partial charge in [-0.15, -0.1) is 0 Å². The largest absolute Gasteiger partial charge is 0.457 e. The van der Waals surface area contributed by atoms with E-state index in [1.54, 1.807) is 13.2 Å². The van der Waals surface area contributed by atoms with E-state index in [0.29, 0.717) is 18.0 Å². The highest BCUT2D eigenvalue weighted by Gasteiger charge is 2.09. The number of aryl methyl sites for hydroxylation is 1. The zero-order valence-corrected chi connectivity index (χ0v) is 15.4. The summed E-state index contributed by atoms with van der Waals surface area (Å²) in [4.78, 5) is 12.3. The number of hydrogen-bond donors (Lipinski definition) is 2. The molecular formula is C22H22N2O3. The van der Waals surface area contributed by atoms with E-state index in [4.69, 9.17) is 9.47 Å². The lowest BCUT2D eigenvalue weighted by Gasteiger charge is -2.14. The molecule has 3 rings (SSSR count). The average Bonchev–Trinajstić information content (AvgIpc) is 2.65. The third-order valence-electron chi connectivity index (χ3n) is 3.87. The van der Waals surface area contributed by atoms with Gasteiger partial charge < -0.3 is 20.1 Å². The normalized spacial score (nSPS) is 10.3. The Kier molecular flexibility index (Phi) is 6.07. The summed E-state index contributed by atoms with van der Waals surface area (Å²) in [5.41, 5.74) is 3.33. The van der Waals surface area contributed by atoms with Crippen molar-refractivity contribution >= 4 is 17.4 Å². The van der Waals surface area contributed by atoms with Crippen molar-refractivity contribution in [1.29, 1.82) is 0 Å². The Hall–Kier alpha value is -3.31. The third kappa shape index (κ3) is 5.33. The van der Waals surface area contributed by atoms with Crippen LogP contribution in [0, 0.1) is 6.92 Å². The second-order valence-electron chi connectivity index (χ2n) is 6.12. The van der Waals surface area contributed by atoms with Crippen LogP contribution in [0.5, 0.6) is 11.5 Å². The highest BCUT2D eigenvalue weighted by Crippen LogP contribution is 2.28. The summed E-state index contributed by atoms with van der Waals surface area (Å²) < 4.78 is 11.2. The van der Waals surface area contributed by atoms with Crippen LogP contribution in [0.3, 0.4) is 0 Å². The van der Waals surface area contributed by atoms with Gasteiger partial charge in [0.1, 0.15) is 11.5 Å². The Bertz CT molecular complexity index is 910. The predicted octanol–water partition coefficient (Wildman–Crippen LogP) is 5.58. The van der Waals surface area contributed by atoms with E-state index in [2.05, 4.69) is 10.6 Å². The molecule has 138 valence electrons. The molecule has 0 fully saturated rings. The van der Waals surface area contributed by atoms with E-state index in [9.17, 15) is 4.79 Å². The Balaban J connectivity index is 1.72. The van der Waals surface area contributed by atoms with Crippen LogP contribution in [0.25, 0.3) is 0 Å². The van der Waals surface area contributed by atoms with Crippen LogP contribution < -0.4 is 15.4 Å². The number of hydrogen-bond acceptors (Lipinski definition) is 3. The maximum absolute atomic E-state index is 12.3. The van der Waals surface area contributed by atoms with Crippen LogP contribution in [0.1, 0.15) is 11.1 Å². The molecule has 0 spiro atoms. The van der Waals surface area contributed by atoms with Crippen molar-refractivity contribution in [1.82, 2.24) is 0 Å². The lowest BCUT2D eigenvalue weighted by Crippen LogP contribution is -2.19. The number of nitrogens with one attached hydrogen (secondary N) is 2. The molecule has 0 radical (unpaired) electrons. The molecule has 3 aromatic rings. The number of ether oxygens (including phenoxy) is 2. The zero-order chi connectivity index (χ0) is 19.1. The smallest absolute Gasteiger partial charge is 0.323 e. The van der Waals surface area contributed by atoms with Crippen molar-refractivity contribution in [2.24, 2.45) is 0 Å². The van der Waals surface area contributed by atoms with Crippen LogP contribution in [0.15, 0.2) is 72.8 Å². The molecule has 2 N–H and O–H groups in total. The second kappa shape index (κ2) is 8.87. The molecule has 2 amide bonds. The fraction of sp³-hybridized carbons (Fsp3) is 0.136. The molecule has 0 saturated heterocycles. The standard InChI is InChI=1S/C22H22N2O3/c1-16-7-6-8-18(13-16)23-22(25)24-19-11-12-21(17(14-19)15-26-2)27-20-9-4-3-5-10-20/h3-14H,15H2,1-2H3,(H2,23,24,25). The van der Waals surface area contributed by atoms with Crippen molar-refractivity contribution < 1.29 is 14.3 Å². The fourth-order valence-electron chi connectivity index (χ4n) is 2.66. The van der Waals surface area contributed by atoms with E-state index in [1.807, 2.05) is 73.7 Å². The van der Waals surface area contributed by atoms with E-state index in [0.717, 1.165) is 22.6 Å². The minimum atomic E-state index is -0.305. The molecule has 5 nitrogen and oxygen atoms in total. The molecular weight excluding hydrogens is 340 g/mol. The van der Waals surface area contributed by atoms with Gasteiger partial charge in [0, 0.05) is 24.0 Å². The number of methoxy groups -OCH3 is 1. The molecule has 3 aromatic carbocycles. The maximum Gasteiger partial charge on any atom is 0.323 e. The van der Waals surface area contributed by atoms with Gasteiger partial charge in [-0.1, -0.05) is 30.3 Å². The third-order valence-corrected chi connectivity index (χ3v) is 3.87. The van der Waals surface area contributed by atoms with Gasteiger partial charge in [-0.05, 0) is 55.0 Å². The molecule has 27 heavy (non-hydrogen) atoms. The lowest BCUT2D eigenvalue weighted by atomic mass is 10.2. The molecule has 0 saturated carbocycles. The number of benzene rings is 3. The topological polar surface area (TPSA) is 59.6 Å². The number of carbonyl (C=O) groups excluding carboxylic acids is 1. The molecule has 0 bridgehead atoms. The Labute approximate surface area is 158 Å². The number of para-hydroxylation sites is 1. The van der Waals surface area contributed by atoms with Crippen molar-refractivity contribution in [3.05, 3.63) is 83.9 Å². The van der Waals surface area contributed by atoms with Crippen molar-refractivity contribution in [2.45, 2.75) is 13.5 Å². The van der Waals surface area contributed by atoms with Gasteiger partial charge in [0.2, 0.25) is 0 Å². The van der Waals surface area contributed by atoms with Crippen molar-refractivity contribution in [3.63, 3.8) is 0 Å². The minimum Gasteiger partial charge on any atom is -0.457 e. The first-order chi connectivity index (χ1) is 13.1. The van der Waals surface area contributed by atoms with Gasteiger partial charge in [0.05, 0.1) is 6.61 Å². The van der Waals surface area contributed by atoms with Crippen LogP contribution in [-0.2, 0) is 11.3 Å². The van der Waals surface area contributed by atoms with E-state index < -0.39 is 0 Å². The van der Waals surface area contributed by atoms with Gasteiger partial charge in [-0.2, -0.15) is 0 Å². The number of anilines is 2. The van der Waals surface area contributed by atoms with Crippen molar-refractivity contribution in [3.8, 4) is 11.5 Å². The number of carbonyl (C=O) groups is 1. The molecule has 0 atom stereocenters. The van der Waals surface area contributed by atoms with Crippen LogP contribution in [0.2, 0.25) is 0 Å². The summed E-state index contributed by atoms with van der Waals surface area (Å²) in [5, 5.41) is 5.66. The first-order valence-electron chi connectivity index (χ1n) is 8.63. The number of urea groups is 1. The summed E-state index contributed by atoms with van der Waals surface area (Å²) in [7, 11) is 1.62. The Morgan fingerprint density at radius 1 is 0.889 bits per heavy atom. The molecule has 0 unspecified atom stereocenters. The number of amides is 2. The Morgan fingerprint density at radius 3 is 2.33 bits per heavy atom. The first-order valence-corrected chi connectivity index (χ1v) is 8.63. The summed E-state index contributed by atoms with van der Waals surface area (Å²) in [6.45, 7) is 2.35. The van der Waals surface area contributed by atoms with Gasteiger partial charge in [0.25, 0.3) is 0 Å². The van der Waals surface area contributed by atoms with E-state index >= 15 is 0 Å². The SMILES string of the molecule is COCc1cc(NC(=O)Nc2cccc(C)c2)ccc1Oc1ccccc1. The van der Waals surface area contributed by atoms with Gasteiger partial charge in [0.15, 0.2) is 0 Å². The molecule has 0 heterocycles. The van der Waals surface area contributed by atoms with E-state index in [1.165, 1.54) is 0 Å². The van der Waals surface area contributed by atoms with Crippen LogP contribution in [0.4, 0.5) is 16.2 Å². The molecule has 5 heteroatoms. The number of rotatable bonds is 6. The quantitative estimate of drug-likeness (QED) is 0.602. The van der Waals surface area contributed by atoms with Crippen LogP contribution >= 0.6 is 0 Å². The predicted molar refractivity (Wildman–Crippen MR) is 107 cm³/mol. The lowest BCUT2D eigenvalue weighted by molar-refractivity contribution is 0.182. The summed E-state index contributed by atoms with van der Waals surface area (Å²) in [5.74, 6) is 1.43.